The first-order valence-electron chi connectivity index (χ1n) is 5.83. The second-order valence-corrected chi connectivity index (χ2v) is 5.52. The molecule has 1 aliphatic heterocycles. The highest BCUT2D eigenvalue weighted by Crippen LogP contribution is 2.36. The highest BCUT2D eigenvalue weighted by Gasteiger charge is 2.23. The van der Waals surface area contributed by atoms with Crippen LogP contribution in [0.5, 0.6) is 0 Å². The van der Waals surface area contributed by atoms with Gasteiger partial charge in [-0.25, -0.2) is 4.79 Å². The van der Waals surface area contributed by atoms with Crippen molar-refractivity contribution >= 4 is 27.6 Å². The zero-order chi connectivity index (χ0) is 12.6. The van der Waals surface area contributed by atoms with Crippen LogP contribution in [0.2, 0.25) is 0 Å². The SMILES string of the molecule is CC(C)N1CCCc2cc(C(=O)O)cc(Br)c21. The quantitative estimate of drug-likeness (QED) is 0.910. The van der Waals surface area contributed by atoms with Crippen LogP contribution >= 0.6 is 15.9 Å². The molecule has 0 fully saturated rings. The van der Waals surface area contributed by atoms with E-state index in [1.54, 1.807) is 12.1 Å². The molecule has 0 atom stereocenters. The molecule has 0 aliphatic carbocycles. The fourth-order valence-corrected chi connectivity index (χ4v) is 3.09. The standard InChI is InChI=1S/C13H16BrNO2/c1-8(2)15-5-3-4-9-6-10(13(16)17)7-11(14)12(9)15/h6-8H,3-5H2,1-2H3,(H,16,17). The third kappa shape index (κ3) is 2.32. The average Bonchev–Trinajstić information content (AvgIpc) is 2.27. The van der Waals surface area contributed by atoms with Crippen LogP contribution in [-0.2, 0) is 6.42 Å². The molecule has 1 aromatic rings. The van der Waals surface area contributed by atoms with Crippen molar-refractivity contribution in [2.24, 2.45) is 0 Å². The van der Waals surface area contributed by atoms with Crippen molar-refractivity contribution in [3.63, 3.8) is 0 Å². The van der Waals surface area contributed by atoms with Gasteiger partial charge in [-0.2, -0.15) is 0 Å². The minimum absolute atomic E-state index is 0.362. The number of hydrogen-bond donors (Lipinski definition) is 1. The number of carboxylic acids is 1. The molecule has 92 valence electrons. The maximum Gasteiger partial charge on any atom is 0.335 e. The predicted octanol–water partition coefficient (Wildman–Crippen LogP) is 3.31. The topological polar surface area (TPSA) is 40.5 Å². The van der Waals surface area contributed by atoms with Crippen LogP contribution in [0.3, 0.4) is 0 Å². The van der Waals surface area contributed by atoms with Crippen molar-refractivity contribution in [3.8, 4) is 0 Å². The van der Waals surface area contributed by atoms with E-state index in [4.69, 9.17) is 5.11 Å². The monoisotopic (exact) mass is 297 g/mol. The van der Waals surface area contributed by atoms with Crippen molar-refractivity contribution in [3.05, 3.63) is 27.7 Å². The molecule has 0 saturated carbocycles. The summed E-state index contributed by atoms with van der Waals surface area (Å²) >= 11 is 3.50. The fraction of sp³-hybridized carbons (Fsp3) is 0.462. The van der Waals surface area contributed by atoms with Gasteiger partial charge >= 0.3 is 5.97 Å². The third-order valence-electron chi connectivity index (χ3n) is 3.14. The summed E-state index contributed by atoms with van der Waals surface area (Å²) in [5, 5.41) is 9.05. The van der Waals surface area contributed by atoms with Gasteiger partial charge in [-0.05, 0) is 60.3 Å². The van der Waals surface area contributed by atoms with Crippen LogP contribution in [0.15, 0.2) is 16.6 Å². The number of nitrogens with zero attached hydrogens (tertiary/aromatic N) is 1. The Balaban J connectivity index is 2.52. The van der Waals surface area contributed by atoms with Gasteiger partial charge in [0.15, 0.2) is 0 Å². The highest BCUT2D eigenvalue weighted by atomic mass is 79.9. The first-order chi connectivity index (χ1) is 8.00. The van der Waals surface area contributed by atoms with E-state index in [0.717, 1.165) is 35.1 Å². The van der Waals surface area contributed by atoms with Crippen LogP contribution in [0.25, 0.3) is 0 Å². The van der Waals surface area contributed by atoms with Crippen LogP contribution in [0.1, 0.15) is 36.2 Å². The smallest absolute Gasteiger partial charge is 0.335 e. The van der Waals surface area contributed by atoms with E-state index in [-0.39, 0.29) is 0 Å². The summed E-state index contributed by atoms with van der Waals surface area (Å²) in [4.78, 5) is 13.3. The van der Waals surface area contributed by atoms with Crippen molar-refractivity contribution < 1.29 is 9.90 Å². The summed E-state index contributed by atoms with van der Waals surface area (Å²) < 4.78 is 0.890. The van der Waals surface area contributed by atoms with Crippen molar-refractivity contribution in [1.82, 2.24) is 0 Å². The van der Waals surface area contributed by atoms with Gasteiger partial charge < -0.3 is 10.0 Å². The first-order valence-corrected chi connectivity index (χ1v) is 6.62. The molecule has 17 heavy (non-hydrogen) atoms. The van der Waals surface area contributed by atoms with Gasteiger partial charge in [0, 0.05) is 17.1 Å². The molecule has 1 aliphatic rings. The van der Waals surface area contributed by atoms with Gasteiger partial charge in [0.05, 0.1) is 11.3 Å². The van der Waals surface area contributed by atoms with E-state index in [9.17, 15) is 4.79 Å². The zero-order valence-electron chi connectivity index (χ0n) is 10.0. The van der Waals surface area contributed by atoms with E-state index in [2.05, 4.69) is 34.7 Å². The lowest BCUT2D eigenvalue weighted by molar-refractivity contribution is 0.0696. The molecular formula is C13H16BrNO2. The van der Waals surface area contributed by atoms with Gasteiger partial charge in [-0.15, -0.1) is 0 Å². The molecule has 1 N–H and O–H groups in total. The Morgan fingerprint density at radius 2 is 2.18 bits per heavy atom. The number of carboxylic acid groups (broad SMARTS) is 1. The molecule has 3 nitrogen and oxygen atoms in total. The molecule has 0 amide bonds. The minimum Gasteiger partial charge on any atom is -0.478 e. The average molecular weight is 298 g/mol. The van der Waals surface area contributed by atoms with Crippen molar-refractivity contribution in [1.29, 1.82) is 0 Å². The van der Waals surface area contributed by atoms with Crippen LogP contribution in [0, 0.1) is 0 Å². The van der Waals surface area contributed by atoms with Gasteiger partial charge in [0.1, 0.15) is 0 Å². The molecule has 0 spiro atoms. The number of carbonyl (C=O) groups is 1. The number of fused-ring (bicyclic) bond motifs is 1. The molecule has 0 radical (unpaired) electrons. The Morgan fingerprint density at radius 3 is 2.76 bits per heavy atom. The minimum atomic E-state index is -0.866. The summed E-state index contributed by atoms with van der Waals surface area (Å²) in [6, 6.07) is 3.93. The molecular weight excluding hydrogens is 282 g/mol. The molecule has 0 saturated heterocycles. The molecule has 1 aromatic carbocycles. The van der Waals surface area contributed by atoms with E-state index < -0.39 is 5.97 Å². The van der Waals surface area contributed by atoms with Gasteiger partial charge in [-0.3, -0.25) is 0 Å². The van der Waals surface area contributed by atoms with Crippen LogP contribution < -0.4 is 4.90 Å². The van der Waals surface area contributed by atoms with E-state index >= 15 is 0 Å². The Labute approximate surface area is 110 Å². The Morgan fingerprint density at radius 1 is 1.47 bits per heavy atom. The summed E-state index contributed by atoms with van der Waals surface area (Å²) in [6.45, 7) is 5.36. The number of rotatable bonds is 2. The number of anilines is 1. The lowest BCUT2D eigenvalue weighted by Crippen LogP contribution is -2.35. The van der Waals surface area contributed by atoms with Crippen molar-refractivity contribution in [2.45, 2.75) is 32.7 Å². The summed E-state index contributed by atoms with van der Waals surface area (Å²) in [7, 11) is 0. The number of benzene rings is 1. The second-order valence-electron chi connectivity index (χ2n) is 4.66. The van der Waals surface area contributed by atoms with E-state index in [1.807, 2.05) is 0 Å². The third-order valence-corrected chi connectivity index (χ3v) is 3.75. The molecule has 1 heterocycles. The van der Waals surface area contributed by atoms with Gasteiger partial charge in [-0.1, -0.05) is 0 Å². The molecule has 0 bridgehead atoms. The lowest BCUT2D eigenvalue weighted by atomic mass is 9.98. The normalized spacial score (nSPS) is 14.9. The summed E-state index contributed by atoms with van der Waals surface area (Å²) in [5.41, 5.74) is 2.66. The molecule has 2 rings (SSSR count). The number of hydrogen-bond acceptors (Lipinski definition) is 2. The Kier molecular flexibility index (Phi) is 3.43. The number of aromatic carboxylic acids is 1. The maximum atomic E-state index is 11.0. The van der Waals surface area contributed by atoms with Crippen molar-refractivity contribution in [2.75, 3.05) is 11.4 Å². The molecule has 0 unspecified atom stereocenters. The van der Waals surface area contributed by atoms with Gasteiger partial charge in [0.2, 0.25) is 0 Å². The van der Waals surface area contributed by atoms with E-state index in [0.29, 0.717) is 11.6 Å². The Hall–Kier alpha value is -1.03. The predicted molar refractivity (Wildman–Crippen MR) is 71.9 cm³/mol. The molecule has 0 aromatic heterocycles. The lowest BCUT2D eigenvalue weighted by Gasteiger charge is -2.35. The first kappa shape index (κ1) is 12.4. The maximum absolute atomic E-state index is 11.0. The summed E-state index contributed by atoms with van der Waals surface area (Å²) in [5.74, 6) is -0.866. The fourth-order valence-electron chi connectivity index (χ4n) is 2.36. The van der Waals surface area contributed by atoms with Crippen LogP contribution in [0.4, 0.5) is 5.69 Å². The van der Waals surface area contributed by atoms with Gasteiger partial charge in [0.25, 0.3) is 0 Å². The second kappa shape index (κ2) is 4.69. The Bertz CT molecular complexity index is 457. The zero-order valence-corrected chi connectivity index (χ0v) is 11.6. The van der Waals surface area contributed by atoms with Crippen LogP contribution in [-0.4, -0.2) is 23.7 Å². The number of halogens is 1. The molecule has 4 heteroatoms. The van der Waals surface area contributed by atoms with E-state index in [1.165, 1.54) is 0 Å². The largest absolute Gasteiger partial charge is 0.478 e. The summed E-state index contributed by atoms with van der Waals surface area (Å²) in [6.07, 6.45) is 2.04. The highest BCUT2D eigenvalue weighted by molar-refractivity contribution is 9.10. The number of aryl methyl sites for hydroxylation is 1.